The first kappa shape index (κ1) is 31.2. The van der Waals surface area contributed by atoms with Gasteiger partial charge in [-0.25, -0.2) is 0 Å². The van der Waals surface area contributed by atoms with Crippen molar-refractivity contribution in [3.8, 4) is 0 Å². The zero-order chi connectivity index (χ0) is 20.5. The van der Waals surface area contributed by atoms with Crippen molar-refractivity contribution < 1.29 is 41.9 Å². The van der Waals surface area contributed by atoms with Crippen LogP contribution in [0.15, 0.2) is 70.9 Å². The van der Waals surface area contributed by atoms with Crippen molar-refractivity contribution in [3.63, 3.8) is 0 Å². The number of aryl methyl sites for hydroxylation is 4. The maximum atomic E-state index is 4.70. The van der Waals surface area contributed by atoms with Gasteiger partial charge in [0.25, 0.3) is 0 Å². The van der Waals surface area contributed by atoms with Crippen molar-refractivity contribution in [2.45, 2.75) is 41.5 Å². The van der Waals surface area contributed by atoms with Gasteiger partial charge >= 0.3 is 17.1 Å². The molecule has 0 fully saturated rings. The molecule has 0 aliphatic heterocycles. The van der Waals surface area contributed by atoms with Crippen LogP contribution in [0.25, 0.3) is 0 Å². The first-order valence-electron chi connectivity index (χ1n) is 9.39. The molecule has 0 aliphatic rings. The number of nitrogens with zero attached hydrogens (tertiary/aromatic N) is 3. The third-order valence-electron chi connectivity index (χ3n) is 4.46. The summed E-state index contributed by atoms with van der Waals surface area (Å²) in [5.41, 5.74) is 9.00. The van der Waals surface area contributed by atoms with E-state index >= 15 is 0 Å². The third-order valence-corrected chi connectivity index (χ3v) is 4.46. The summed E-state index contributed by atoms with van der Waals surface area (Å²) in [7, 11) is 0. The summed E-state index contributed by atoms with van der Waals surface area (Å²) in [5, 5.41) is 0. The Hall–Kier alpha value is -1.97. The quantitative estimate of drug-likeness (QED) is 0.299. The van der Waals surface area contributed by atoms with E-state index in [1.54, 1.807) is 6.20 Å². The predicted molar refractivity (Wildman–Crippen MR) is 121 cm³/mol. The van der Waals surface area contributed by atoms with Gasteiger partial charge in [0.15, 0.2) is 0 Å². The van der Waals surface area contributed by atoms with Crippen LogP contribution in [0.3, 0.4) is 0 Å². The van der Waals surface area contributed by atoms with E-state index in [4.69, 9.17) is 4.99 Å². The molecule has 0 bridgehead atoms. The third kappa shape index (κ3) is 9.37. The maximum absolute atomic E-state index is 4.70. The Balaban J connectivity index is 0. The SMILES string of the molecule is CC(=Nc1c(C)cccc1C)c1cccnc1.C[C-]=Nc1c(C)cccc1C.[Cl-].[Cl-].[Fe+3]. The molecule has 1 aromatic heterocycles. The van der Waals surface area contributed by atoms with Crippen molar-refractivity contribution >= 4 is 23.3 Å². The van der Waals surface area contributed by atoms with E-state index in [1.807, 2.05) is 38.2 Å². The molecular weight excluding hydrogens is 469 g/mol. The summed E-state index contributed by atoms with van der Waals surface area (Å²) in [4.78, 5) is 13.0. The number of halogens is 2. The predicted octanol–water partition coefficient (Wildman–Crippen LogP) is 0.747. The number of para-hydroxylation sites is 2. The number of pyridine rings is 1. The van der Waals surface area contributed by atoms with Gasteiger partial charge in [-0.15, -0.1) is 18.1 Å². The van der Waals surface area contributed by atoms with Gasteiger partial charge in [-0.1, -0.05) is 62.0 Å². The van der Waals surface area contributed by atoms with Crippen molar-refractivity contribution in [2.24, 2.45) is 9.98 Å². The molecule has 31 heavy (non-hydrogen) atoms. The topological polar surface area (TPSA) is 37.6 Å². The zero-order valence-electron chi connectivity index (χ0n) is 18.7. The van der Waals surface area contributed by atoms with Crippen LogP contribution in [0.2, 0.25) is 0 Å². The second-order valence-corrected chi connectivity index (χ2v) is 6.76. The standard InChI is InChI=1S/C15H16N2.C10H12N.2ClH.Fe/c1-11-6-4-7-12(2)15(11)17-13(3)14-8-5-9-16-10-14;1-4-11-10-8(2)6-5-7-9(10)3;;;/h4-10H,1-3H3;5-7H,1-3H3;2*1H;/q;-1;;;+3/p-2. The Morgan fingerprint density at radius 3 is 1.68 bits per heavy atom. The fraction of sp³-hybridized carbons (Fsp3) is 0.240. The molecule has 1 radical (unpaired) electrons. The van der Waals surface area contributed by atoms with Gasteiger partial charge in [-0.05, 0) is 38.0 Å². The summed E-state index contributed by atoms with van der Waals surface area (Å²) >= 11 is 0. The van der Waals surface area contributed by atoms with Crippen LogP contribution >= 0.6 is 0 Å². The van der Waals surface area contributed by atoms with Crippen LogP contribution < -0.4 is 24.8 Å². The Bertz CT molecular complexity index is 947. The van der Waals surface area contributed by atoms with E-state index in [1.165, 1.54) is 22.3 Å². The van der Waals surface area contributed by atoms with Gasteiger partial charge in [0, 0.05) is 23.7 Å². The van der Waals surface area contributed by atoms with Crippen molar-refractivity contribution in [3.05, 3.63) is 88.7 Å². The average molecular weight is 497 g/mol. The van der Waals surface area contributed by atoms with E-state index < -0.39 is 0 Å². The minimum atomic E-state index is 0. The Morgan fingerprint density at radius 1 is 0.774 bits per heavy atom. The second kappa shape index (κ2) is 15.8. The fourth-order valence-electron chi connectivity index (χ4n) is 2.88. The molecule has 0 aliphatic carbocycles. The summed E-state index contributed by atoms with van der Waals surface area (Å²) in [6, 6.07) is 16.3. The smallest absolute Gasteiger partial charge is 1.00 e. The van der Waals surface area contributed by atoms with Crippen LogP contribution in [0, 0.1) is 27.7 Å². The summed E-state index contributed by atoms with van der Waals surface area (Å²) in [6.07, 6.45) is 6.40. The molecule has 3 nitrogen and oxygen atoms in total. The molecule has 2 aromatic carbocycles. The monoisotopic (exact) mass is 496 g/mol. The van der Waals surface area contributed by atoms with Crippen LogP contribution in [0.1, 0.15) is 41.7 Å². The summed E-state index contributed by atoms with van der Waals surface area (Å²) in [5.74, 6) is 0. The first-order chi connectivity index (χ1) is 13.4. The molecule has 0 spiro atoms. The Labute approximate surface area is 209 Å². The largest absolute Gasteiger partial charge is 3.00 e. The maximum Gasteiger partial charge on any atom is 3.00 e. The number of benzene rings is 2. The number of aliphatic imine (C=N–C) groups is 2. The van der Waals surface area contributed by atoms with Crippen molar-refractivity contribution in [1.29, 1.82) is 0 Å². The van der Waals surface area contributed by atoms with Gasteiger partial charge in [-0.2, -0.15) is 6.21 Å². The number of aromatic nitrogens is 1. The molecular formula is C25H28Cl2FeN3. The van der Waals surface area contributed by atoms with Gasteiger partial charge in [0.2, 0.25) is 0 Å². The molecule has 0 unspecified atom stereocenters. The zero-order valence-corrected chi connectivity index (χ0v) is 21.3. The summed E-state index contributed by atoms with van der Waals surface area (Å²) in [6.45, 7) is 12.1. The Morgan fingerprint density at radius 2 is 1.26 bits per heavy atom. The van der Waals surface area contributed by atoms with Gasteiger partial charge in [0.05, 0.1) is 5.69 Å². The minimum absolute atomic E-state index is 0. The van der Waals surface area contributed by atoms with Crippen LogP contribution in [0.4, 0.5) is 11.4 Å². The second-order valence-electron chi connectivity index (χ2n) is 6.76. The number of hydrogen-bond acceptors (Lipinski definition) is 3. The number of rotatable bonds is 3. The molecule has 3 aromatic rings. The molecule has 6 heteroatoms. The van der Waals surface area contributed by atoms with Gasteiger partial charge in [-0.3, -0.25) is 9.98 Å². The van der Waals surface area contributed by atoms with E-state index in [2.05, 4.69) is 74.2 Å². The Kier molecular flexibility index (Phi) is 15.9. The van der Waals surface area contributed by atoms with Crippen molar-refractivity contribution in [1.82, 2.24) is 4.98 Å². The minimum Gasteiger partial charge on any atom is -1.00 e. The number of hydrogen-bond donors (Lipinski definition) is 0. The normalized spacial score (nSPS) is 10.2. The van der Waals surface area contributed by atoms with Gasteiger partial charge in [0.1, 0.15) is 0 Å². The molecule has 0 saturated carbocycles. The summed E-state index contributed by atoms with van der Waals surface area (Å²) < 4.78 is 0. The first-order valence-corrected chi connectivity index (χ1v) is 9.39. The van der Waals surface area contributed by atoms with E-state index in [0.717, 1.165) is 22.6 Å². The molecule has 0 atom stereocenters. The van der Waals surface area contributed by atoms with Gasteiger partial charge < -0.3 is 29.8 Å². The molecule has 165 valence electrons. The van der Waals surface area contributed by atoms with Crippen LogP contribution in [0.5, 0.6) is 0 Å². The fourth-order valence-corrected chi connectivity index (χ4v) is 2.88. The van der Waals surface area contributed by atoms with Crippen molar-refractivity contribution in [2.75, 3.05) is 0 Å². The van der Waals surface area contributed by atoms with E-state index in [9.17, 15) is 0 Å². The van der Waals surface area contributed by atoms with E-state index in [0.29, 0.717) is 0 Å². The van der Waals surface area contributed by atoms with E-state index in [-0.39, 0.29) is 41.9 Å². The average Bonchev–Trinajstić information content (AvgIpc) is 2.69. The molecule has 0 amide bonds. The molecule has 0 saturated heterocycles. The molecule has 1 heterocycles. The molecule has 0 N–H and O–H groups in total. The molecule has 3 rings (SSSR count). The van der Waals surface area contributed by atoms with Crippen LogP contribution in [-0.4, -0.2) is 16.9 Å². The van der Waals surface area contributed by atoms with Crippen LogP contribution in [-0.2, 0) is 17.1 Å².